The SMILES string of the molecule is C[Si](C)(C)[SiH2]. The van der Waals surface area contributed by atoms with Crippen LogP contribution >= 0.6 is 0 Å². The Labute approximate surface area is 37.8 Å². The molecule has 0 aromatic carbocycles. The molecule has 0 aromatic heterocycles. The first-order valence-corrected chi connectivity index (χ1v) is 7.68. The molecule has 0 nitrogen and oxygen atoms in total. The van der Waals surface area contributed by atoms with Gasteiger partial charge in [0.15, 0.2) is 0 Å². The number of hydrogen-bond acceptors (Lipinski definition) is 0. The van der Waals surface area contributed by atoms with Crippen molar-refractivity contribution in [3.8, 4) is 0 Å². The Morgan fingerprint density at radius 1 is 1.20 bits per heavy atom. The first-order chi connectivity index (χ1) is 2.00. The van der Waals surface area contributed by atoms with Gasteiger partial charge in [-0.05, 0) is 0 Å². The first-order valence-electron chi connectivity index (χ1n) is 1.85. The molecule has 0 aliphatic heterocycles. The molecule has 0 N–H and O–H groups in total. The molecule has 0 heterocycles. The lowest BCUT2D eigenvalue weighted by Crippen LogP contribution is -2.18. The molecule has 5 heavy (non-hydrogen) atoms. The fourth-order valence-electron chi connectivity index (χ4n) is 0. The van der Waals surface area contributed by atoms with E-state index in [2.05, 4.69) is 29.4 Å². The van der Waals surface area contributed by atoms with Crippen LogP contribution in [0, 0.1) is 0 Å². The van der Waals surface area contributed by atoms with Crippen LogP contribution in [0.2, 0.25) is 19.6 Å². The molecule has 0 amide bonds. The van der Waals surface area contributed by atoms with Gasteiger partial charge in [-0.3, -0.25) is 0 Å². The van der Waals surface area contributed by atoms with Crippen molar-refractivity contribution in [2.24, 2.45) is 0 Å². The maximum atomic E-state index is 2.34. The lowest BCUT2D eigenvalue weighted by atomic mass is 11.8. The quantitative estimate of drug-likeness (QED) is 0.391. The smallest absolute Gasteiger partial charge is 0.0276 e. The molecule has 0 aliphatic rings. The minimum atomic E-state index is -0.583. The van der Waals surface area contributed by atoms with Crippen molar-refractivity contribution < 1.29 is 0 Å². The summed E-state index contributed by atoms with van der Waals surface area (Å²) in [6.07, 6.45) is 0. The summed E-state index contributed by atoms with van der Waals surface area (Å²) >= 11 is 0. The van der Waals surface area contributed by atoms with Crippen LogP contribution in [-0.2, 0) is 0 Å². The summed E-state index contributed by atoms with van der Waals surface area (Å²) in [7, 11) is 1.57. The van der Waals surface area contributed by atoms with Crippen LogP contribution < -0.4 is 0 Å². The van der Waals surface area contributed by atoms with Gasteiger partial charge in [0.1, 0.15) is 0 Å². The van der Waals surface area contributed by atoms with Crippen molar-refractivity contribution in [2.75, 3.05) is 0 Å². The van der Waals surface area contributed by atoms with Crippen LogP contribution in [0.3, 0.4) is 0 Å². The van der Waals surface area contributed by atoms with Gasteiger partial charge in [-0.2, -0.15) is 0 Å². The minimum Gasteiger partial charge on any atom is -0.0722 e. The highest BCUT2D eigenvalue weighted by Crippen LogP contribution is 1.87. The van der Waals surface area contributed by atoms with E-state index in [0.717, 1.165) is 0 Å². The molecule has 0 spiro atoms. The van der Waals surface area contributed by atoms with Gasteiger partial charge in [0, 0.05) is 17.4 Å². The van der Waals surface area contributed by atoms with Gasteiger partial charge < -0.3 is 0 Å². The molecule has 0 bridgehead atoms. The van der Waals surface area contributed by atoms with Gasteiger partial charge in [0.05, 0.1) is 0 Å². The lowest BCUT2D eigenvalue weighted by Gasteiger charge is -2.01. The van der Waals surface area contributed by atoms with Crippen molar-refractivity contribution in [1.29, 1.82) is 0 Å². The van der Waals surface area contributed by atoms with Crippen LogP contribution in [0.1, 0.15) is 0 Å². The molecule has 0 unspecified atom stereocenters. The summed E-state index contributed by atoms with van der Waals surface area (Å²) in [6.45, 7) is 7.02. The largest absolute Gasteiger partial charge is 0.0722 e. The second-order valence-corrected chi connectivity index (χ2v) is 14.0. The molecule has 1 radical (unpaired) electrons. The molecule has 2 heteroatoms. The summed E-state index contributed by atoms with van der Waals surface area (Å²) in [4.78, 5) is 0. The van der Waals surface area contributed by atoms with Gasteiger partial charge in [-0.25, -0.2) is 0 Å². The molecule has 0 aliphatic carbocycles. The van der Waals surface area contributed by atoms with E-state index in [0.29, 0.717) is 0 Å². The van der Waals surface area contributed by atoms with Crippen LogP contribution in [-0.4, -0.2) is 17.4 Å². The summed E-state index contributed by atoms with van der Waals surface area (Å²) in [5.41, 5.74) is 0. The van der Waals surface area contributed by atoms with E-state index < -0.39 is 7.59 Å². The summed E-state index contributed by atoms with van der Waals surface area (Å²) in [5, 5.41) is 0. The molecule has 0 aromatic rings. The maximum Gasteiger partial charge on any atom is 0.0276 e. The topological polar surface area (TPSA) is 0 Å². The van der Waals surface area contributed by atoms with E-state index >= 15 is 0 Å². The molecule has 0 saturated heterocycles. The van der Waals surface area contributed by atoms with Gasteiger partial charge in [-0.1, -0.05) is 19.6 Å². The molecule has 0 rings (SSSR count). The average molecular weight is 103 g/mol. The van der Waals surface area contributed by atoms with E-state index in [1.165, 1.54) is 0 Å². The van der Waals surface area contributed by atoms with Gasteiger partial charge in [0.25, 0.3) is 0 Å². The first kappa shape index (κ1) is 5.43. The number of hydrogen-bond donors (Lipinski definition) is 0. The van der Waals surface area contributed by atoms with E-state index in [1.807, 2.05) is 0 Å². The Hall–Kier alpha value is 0.434. The van der Waals surface area contributed by atoms with Crippen LogP contribution in [0.4, 0.5) is 0 Å². The second-order valence-electron chi connectivity index (χ2n) is 2.56. The predicted octanol–water partition coefficient (Wildman–Crippen LogP) is 0.454. The van der Waals surface area contributed by atoms with E-state index in [4.69, 9.17) is 0 Å². The van der Waals surface area contributed by atoms with Crippen LogP contribution in [0.15, 0.2) is 0 Å². The molecular formula is C3H11Si2. The Morgan fingerprint density at radius 2 is 1.20 bits per heavy atom. The van der Waals surface area contributed by atoms with E-state index in [9.17, 15) is 0 Å². The molecule has 31 valence electrons. The molecule has 0 saturated carbocycles. The van der Waals surface area contributed by atoms with Crippen molar-refractivity contribution >= 4 is 17.4 Å². The minimum absolute atomic E-state index is 0.583. The van der Waals surface area contributed by atoms with Gasteiger partial charge in [0.2, 0.25) is 0 Å². The molecular weight excluding hydrogens is 92.2 g/mol. The molecule has 0 atom stereocenters. The van der Waals surface area contributed by atoms with Gasteiger partial charge in [-0.15, -0.1) is 0 Å². The van der Waals surface area contributed by atoms with Crippen molar-refractivity contribution in [3.63, 3.8) is 0 Å². The Kier molecular flexibility index (Phi) is 1.37. The fraction of sp³-hybridized carbons (Fsp3) is 1.00. The summed E-state index contributed by atoms with van der Waals surface area (Å²) in [6, 6.07) is 0. The number of rotatable bonds is 0. The standard InChI is InChI=1S/C3H11Si2/c1-5(2,3)4/h4H2,1-3H3. The van der Waals surface area contributed by atoms with Crippen molar-refractivity contribution in [2.45, 2.75) is 19.6 Å². The highest BCUT2D eigenvalue weighted by atomic mass is 29.2. The maximum absolute atomic E-state index is 2.34. The normalized spacial score (nSPS) is 12.0. The molecule has 0 fully saturated rings. The summed E-state index contributed by atoms with van der Waals surface area (Å²) < 4.78 is 0. The van der Waals surface area contributed by atoms with Gasteiger partial charge >= 0.3 is 0 Å². The highest BCUT2D eigenvalue weighted by Gasteiger charge is 1.99. The third-order valence-electron chi connectivity index (χ3n) is 0. The predicted molar refractivity (Wildman–Crippen MR) is 31.9 cm³/mol. The monoisotopic (exact) mass is 103 g/mol. The van der Waals surface area contributed by atoms with Crippen molar-refractivity contribution in [1.82, 2.24) is 0 Å². The highest BCUT2D eigenvalue weighted by molar-refractivity contribution is 7.15. The Morgan fingerprint density at radius 3 is 1.20 bits per heavy atom. The lowest BCUT2D eigenvalue weighted by molar-refractivity contribution is 1.87. The van der Waals surface area contributed by atoms with E-state index in [-0.39, 0.29) is 0 Å². The second kappa shape index (κ2) is 1.26. The Bertz CT molecular complexity index is 20.4. The van der Waals surface area contributed by atoms with Crippen molar-refractivity contribution in [3.05, 3.63) is 0 Å². The zero-order valence-corrected chi connectivity index (χ0v) is 6.62. The zero-order chi connectivity index (χ0) is 4.50. The third-order valence-corrected chi connectivity index (χ3v) is 0. The Balaban J connectivity index is 3.02. The zero-order valence-electron chi connectivity index (χ0n) is 4.21. The van der Waals surface area contributed by atoms with Crippen LogP contribution in [0.25, 0.3) is 0 Å². The summed E-state index contributed by atoms with van der Waals surface area (Å²) in [5.74, 6) is 0. The van der Waals surface area contributed by atoms with Crippen LogP contribution in [0.5, 0.6) is 0 Å². The third kappa shape index (κ3) is 140. The fourth-order valence-corrected chi connectivity index (χ4v) is 0. The van der Waals surface area contributed by atoms with E-state index in [1.54, 1.807) is 0 Å². The average Bonchev–Trinajstić information content (AvgIpc) is 0.722.